The average molecular weight is 431 g/mol. The fraction of sp³-hybridized carbons (Fsp3) is 0.417. The Labute approximate surface area is 184 Å². The van der Waals surface area contributed by atoms with Gasteiger partial charge in [0.15, 0.2) is 6.61 Å². The number of amides is 2. The number of hydrogen-bond donors (Lipinski definition) is 1. The molecule has 30 heavy (non-hydrogen) atoms. The van der Waals surface area contributed by atoms with Crippen LogP contribution in [-0.4, -0.2) is 35.9 Å². The number of rotatable bonds is 10. The van der Waals surface area contributed by atoms with Gasteiger partial charge in [0.25, 0.3) is 5.91 Å². The van der Waals surface area contributed by atoms with E-state index in [0.29, 0.717) is 17.3 Å². The lowest BCUT2D eigenvalue weighted by Crippen LogP contribution is -2.49. The van der Waals surface area contributed by atoms with Crippen molar-refractivity contribution in [3.8, 4) is 5.75 Å². The van der Waals surface area contributed by atoms with Crippen LogP contribution in [0, 0.1) is 13.8 Å². The van der Waals surface area contributed by atoms with Crippen molar-refractivity contribution in [2.75, 3.05) is 13.2 Å². The quantitative estimate of drug-likeness (QED) is 0.557. The predicted octanol–water partition coefficient (Wildman–Crippen LogP) is 4.67. The van der Waals surface area contributed by atoms with Gasteiger partial charge in [-0.25, -0.2) is 0 Å². The van der Waals surface area contributed by atoms with Crippen LogP contribution in [-0.2, 0) is 16.1 Å². The third-order valence-electron chi connectivity index (χ3n) is 5.08. The van der Waals surface area contributed by atoms with Gasteiger partial charge in [0.05, 0.1) is 0 Å². The lowest BCUT2D eigenvalue weighted by atomic mass is 10.1. The normalized spacial score (nSPS) is 11.6. The number of carbonyl (C=O) groups excluding carboxylic acids is 2. The summed E-state index contributed by atoms with van der Waals surface area (Å²) in [7, 11) is 0. The van der Waals surface area contributed by atoms with E-state index in [9.17, 15) is 9.59 Å². The first-order valence-corrected chi connectivity index (χ1v) is 10.7. The molecule has 0 unspecified atom stereocenters. The summed E-state index contributed by atoms with van der Waals surface area (Å²) >= 11 is 6.10. The van der Waals surface area contributed by atoms with Crippen molar-refractivity contribution >= 4 is 23.4 Å². The number of nitrogens with one attached hydrogen (secondary N) is 1. The molecular weight excluding hydrogens is 400 g/mol. The first-order valence-electron chi connectivity index (χ1n) is 10.3. The Balaban J connectivity index is 2.12. The molecule has 2 aromatic rings. The van der Waals surface area contributed by atoms with E-state index in [1.807, 2.05) is 44.2 Å². The molecule has 0 aliphatic heterocycles. The lowest BCUT2D eigenvalue weighted by Gasteiger charge is -2.29. The molecule has 1 N–H and O–H groups in total. The van der Waals surface area contributed by atoms with Crippen molar-refractivity contribution in [3.05, 3.63) is 64.2 Å². The molecule has 162 valence electrons. The highest BCUT2D eigenvalue weighted by Crippen LogP contribution is 2.18. The van der Waals surface area contributed by atoms with E-state index in [1.165, 1.54) is 4.90 Å². The summed E-state index contributed by atoms with van der Waals surface area (Å²) < 4.78 is 5.73. The van der Waals surface area contributed by atoms with Crippen LogP contribution in [0.1, 0.15) is 43.4 Å². The van der Waals surface area contributed by atoms with E-state index >= 15 is 0 Å². The molecule has 2 amide bonds. The molecule has 0 aliphatic carbocycles. The van der Waals surface area contributed by atoms with Gasteiger partial charge in [0.2, 0.25) is 5.91 Å². The highest BCUT2D eigenvalue weighted by molar-refractivity contribution is 6.30. The second-order valence-electron chi connectivity index (χ2n) is 7.51. The minimum absolute atomic E-state index is 0.143. The summed E-state index contributed by atoms with van der Waals surface area (Å²) in [5, 5.41) is 3.49. The number of unbranched alkanes of at least 4 members (excludes halogenated alkanes) is 1. The van der Waals surface area contributed by atoms with Crippen LogP contribution in [0.5, 0.6) is 5.75 Å². The molecule has 0 saturated heterocycles. The van der Waals surface area contributed by atoms with Crippen molar-refractivity contribution in [3.63, 3.8) is 0 Å². The van der Waals surface area contributed by atoms with Gasteiger partial charge in [0.1, 0.15) is 11.8 Å². The molecule has 2 rings (SSSR count). The average Bonchev–Trinajstić information content (AvgIpc) is 2.72. The maximum Gasteiger partial charge on any atom is 0.261 e. The number of aryl methyl sites for hydroxylation is 2. The van der Waals surface area contributed by atoms with Crippen LogP contribution in [0.25, 0.3) is 0 Å². The molecule has 0 aromatic heterocycles. The van der Waals surface area contributed by atoms with Crippen molar-refractivity contribution in [2.24, 2.45) is 0 Å². The molecule has 2 aromatic carbocycles. The molecule has 1 atom stereocenters. The summed E-state index contributed by atoms with van der Waals surface area (Å²) in [6.07, 6.45) is 1.89. The minimum Gasteiger partial charge on any atom is -0.484 e. The fourth-order valence-corrected chi connectivity index (χ4v) is 3.20. The van der Waals surface area contributed by atoms with Crippen LogP contribution in [0.2, 0.25) is 5.02 Å². The summed E-state index contributed by atoms with van der Waals surface area (Å²) in [4.78, 5) is 27.2. The number of halogens is 1. The summed E-state index contributed by atoms with van der Waals surface area (Å²) in [5.41, 5.74) is 3.11. The zero-order chi connectivity index (χ0) is 22.1. The van der Waals surface area contributed by atoms with Gasteiger partial charge in [-0.3, -0.25) is 9.59 Å². The second-order valence-corrected chi connectivity index (χ2v) is 7.94. The van der Waals surface area contributed by atoms with E-state index in [4.69, 9.17) is 16.3 Å². The van der Waals surface area contributed by atoms with Crippen molar-refractivity contribution < 1.29 is 14.3 Å². The van der Waals surface area contributed by atoms with Gasteiger partial charge in [-0.15, -0.1) is 0 Å². The number of ether oxygens (including phenoxy) is 1. The minimum atomic E-state index is -0.628. The standard InChI is InChI=1S/C24H31ClN2O3/c1-5-6-12-26-24(29)19(4)27(15-20-8-7-9-21(25)14-20)23(28)16-30-22-11-10-17(2)18(3)13-22/h7-11,13-14,19H,5-6,12,15-16H2,1-4H3,(H,26,29)/t19-/m1/s1. The van der Waals surface area contributed by atoms with Crippen LogP contribution in [0.3, 0.4) is 0 Å². The van der Waals surface area contributed by atoms with Gasteiger partial charge >= 0.3 is 0 Å². The van der Waals surface area contributed by atoms with Crippen molar-refractivity contribution in [2.45, 2.75) is 53.1 Å². The number of nitrogens with zero attached hydrogens (tertiary/aromatic N) is 1. The highest BCUT2D eigenvalue weighted by Gasteiger charge is 2.26. The first kappa shape index (κ1) is 23.7. The number of hydrogen-bond acceptors (Lipinski definition) is 3. The monoisotopic (exact) mass is 430 g/mol. The molecule has 0 heterocycles. The molecule has 0 spiro atoms. The van der Waals surface area contributed by atoms with E-state index in [0.717, 1.165) is 29.5 Å². The summed E-state index contributed by atoms with van der Waals surface area (Å²) in [6.45, 7) is 8.55. The smallest absolute Gasteiger partial charge is 0.261 e. The van der Waals surface area contributed by atoms with E-state index in [2.05, 4.69) is 12.2 Å². The first-order chi connectivity index (χ1) is 14.3. The number of benzene rings is 2. The summed E-state index contributed by atoms with van der Waals surface area (Å²) in [6, 6.07) is 12.4. The maximum absolute atomic E-state index is 13.0. The molecule has 0 saturated carbocycles. The number of carbonyl (C=O) groups is 2. The molecule has 0 radical (unpaired) electrons. The van der Waals surface area contributed by atoms with Crippen LogP contribution in [0.4, 0.5) is 0 Å². The van der Waals surface area contributed by atoms with Crippen LogP contribution in [0.15, 0.2) is 42.5 Å². The van der Waals surface area contributed by atoms with Gasteiger partial charge in [-0.05, 0) is 68.1 Å². The van der Waals surface area contributed by atoms with Crippen molar-refractivity contribution in [1.29, 1.82) is 0 Å². The Hall–Kier alpha value is -2.53. The molecule has 6 heteroatoms. The Morgan fingerprint density at radius 2 is 1.90 bits per heavy atom. The molecule has 0 aliphatic rings. The van der Waals surface area contributed by atoms with Crippen LogP contribution < -0.4 is 10.1 Å². The highest BCUT2D eigenvalue weighted by atomic mass is 35.5. The zero-order valence-corrected chi connectivity index (χ0v) is 19.0. The zero-order valence-electron chi connectivity index (χ0n) is 18.2. The summed E-state index contributed by atoms with van der Waals surface area (Å²) in [5.74, 6) is 0.200. The van der Waals surface area contributed by atoms with Gasteiger partial charge in [-0.2, -0.15) is 0 Å². The Morgan fingerprint density at radius 3 is 2.57 bits per heavy atom. The Morgan fingerprint density at radius 1 is 1.13 bits per heavy atom. The molecule has 0 fully saturated rings. The van der Waals surface area contributed by atoms with Gasteiger partial charge in [-0.1, -0.05) is 43.1 Å². The van der Waals surface area contributed by atoms with Crippen molar-refractivity contribution in [1.82, 2.24) is 10.2 Å². The second kappa shape index (κ2) is 11.6. The molecular formula is C24H31ClN2O3. The topological polar surface area (TPSA) is 58.6 Å². The Kier molecular flexibility index (Phi) is 9.18. The van der Waals surface area contributed by atoms with Crippen LogP contribution >= 0.6 is 11.6 Å². The molecule has 0 bridgehead atoms. The molecule has 5 nitrogen and oxygen atoms in total. The van der Waals surface area contributed by atoms with Gasteiger partial charge < -0.3 is 15.0 Å². The predicted molar refractivity (Wildman–Crippen MR) is 121 cm³/mol. The third-order valence-corrected chi connectivity index (χ3v) is 5.31. The fourth-order valence-electron chi connectivity index (χ4n) is 2.98. The van der Waals surface area contributed by atoms with E-state index < -0.39 is 6.04 Å². The van der Waals surface area contributed by atoms with E-state index in [1.54, 1.807) is 19.1 Å². The largest absolute Gasteiger partial charge is 0.484 e. The Bertz CT molecular complexity index is 869. The SMILES string of the molecule is CCCCNC(=O)[C@@H](C)N(Cc1cccc(Cl)c1)C(=O)COc1ccc(C)c(C)c1. The lowest BCUT2D eigenvalue weighted by molar-refractivity contribution is -0.142. The van der Waals surface area contributed by atoms with Gasteiger partial charge in [0, 0.05) is 18.1 Å². The van der Waals surface area contributed by atoms with E-state index in [-0.39, 0.29) is 25.0 Å². The third kappa shape index (κ3) is 7.06. The maximum atomic E-state index is 13.0.